The van der Waals surface area contributed by atoms with Crippen molar-refractivity contribution in [2.45, 2.75) is 31.7 Å². The van der Waals surface area contributed by atoms with Crippen LogP contribution in [0.25, 0.3) is 0 Å². The van der Waals surface area contributed by atoms with Gasteiger partial charge in [0.2, 0.25) is 0 Å². The molecule has 106 valence electrons. The number of hydrogen-bond donors (Lipinski definition) is 2. The van der Waals surface area contributed by atoms with Gasteiger partial charge in [-0.1, -0.05) is 43.7 Å². The second-order valence-electron chi connectivity index (χ2n) is 4.65. The van der Waals surface area contributed by atoms with Gasteiger partial charge < -0.3 is 15.2 Å². The molecule has 19 heavy (non-hydrogen) atoms. The van der Waals surface area contributed by atoms with Crippen LogP contribution < -0.4 is 5.32 Å². The van der Waals surface area contributed by atoms with Gasteiger partial charge in [0.15, 0.2) is 0 Å². The van der Waals surface area contributed by atoms with E-state index in [1.807, 2.05) is 30.3 Å². The summed E-state index contributed by atoms with van der Waals surface area (Å²) in [6, 6.07) is 9.53. The number of carbonyl (C=O) groups is 1. The van der Waals surface area contributed by atoms with E-state index in [4.69, 9.17) is 4.74 Å². The van der Waals surface area contributed by atoms with Crippen LogP contribution in [-0.4, -0.2) is 37.4 Å². The molecule has 1 aromatic carbocycles. The second kappa shape index (κ2) is 8.67. The third-order valence-corrected chi connectivity index (χ3v) is 3.12. The lowest BCUT2D eigenvalue weighted by atomic mass is 9.99. The standard InChI is InChI=1S/C15H23NO3/c1-3-7-13(11-19-2)16-10-14(15(17)18)12-8-5-4-6-9-12/h4-6,8-9,13-14,16H,3,7,10-11H2,1-2H3,(H,17,18). The summed E-state index contributed by atoms with van der Waals surface area (Å²) in [7, 11) is 1.66. The Hall–Kier alpha value is -1.39. The summed E-state index contributed by atoms with van der Waals surface area (Å²) >= 11 is 0. The molecule has 0 saturated carbocycles. The van der Waals surface area contributed by atoms with E-state index in [2.05, 4.69) is 12.2 Å². The number of hydrogen-bond acceptors (Lipinski definition) is 3. The molecule has 0 aliphatic carbocycles. The third kappa shape index (κ3) is 5.41. The summed E-state index contributed by atoms with van der Waals surface area (Å²) < 4.78 is 5.15. The maximum Gasteiger partial charge on any atom is 0.312 e. The number of aliphatic carboxylic acids is 1. The monoisotopic (exact) mass is 265 g/mol. The number of carboxylic acid groups (broad SMARTS) is 1. The molecule has 0 aromatic heterocycles. The van der Waals surface area contributed by atoms with Crippen LogP contribution in [0.3, 0.4) is 0 Å². The summed E-state index contributed by atoms with van der Waals surface area (Å²) in [5, 5.41) is 12.6. The fourth-order valence-electron chi connectivity index (χ4n) is 2.11. The van der Waals surface area contributed by atoms with Gasteiger partial charge in [0.1, 0.15) is 0 Å². The van der Waals surface area contributed by atoms with Gasteiger partial charge in [0.05, 0.1) is 12.5 Å². The molecule has 2 N–H and O–H groups in total. The molecule has 0 amide bonds. The lowest BCUT2D eigenvalue weighted by molar-refractivity contribution is -0.138. The molecule has 0 saturated heterocycles. The Morgan fingerprint density at radius 2 is 2.05 bits per heavy atom. The average molecular weight is 265 g/mol. The summed E-state index contributed by atoms with van der Waals surface area (Å²) in [6.07, 6.45) is 2.03. The number of ether oxygens (including phenoxy) is 1. The Kier molecular flexibility index (Phi) is 7.15. The second-order valence-corrected chi connectivity index (χ2v) is 4.65. The Labute approximate surface area is 114 Å². The van der Waals surface area contributed by atoms with Crippen LogP contribution in [0.4, 0.5) is 0 Å². The molecule has 0 aliphatic heterocycles. The zero-order chi connectivity index (χ0) is 14.1. The fraction of sp³-hybridized carbons (Fsp3) is 0.533. The molecule has 0 bridgehead atoms. The molecule has 0 spiro atoms. The minimum absolute atomic E-state index is 0.209. The average Bonchev–Trinajstić information content (AvgIpc) is 2.40. The van der Waals surface area contributed by atoms with Gasteiger partial charge in [-0.15, -0.1) is 0 Å². The predicted molar refractivity (Wildman–Crippen MR) is 75.4 cm³/mol. The van der Waals surface area contributed by atoms with Crippen molar-refractivity contribution in [3.63, 3.8) is 0 Å². The Bertz CT molecular complexity index is 361. The van der Waals surface area contributed by atoms with Gasteiger partial charge in [-0.2, -0.15) is 0 Å². The highest BCUT2D eigenvalue weighted by Crippen LogP contribution is 2.15. The normalized spacial score (nSPS) is 14.0. The molecule has 4 heteroatoms. The van der Waals surface area contributed by atoms with Gasteiger partial charge in [-0.3, -0.25) is 4.79 Å². The van der Waals surface area contributed by atoms with Crippen molar-refractivity contribution < 1.29 is 14.6 Å². The van der Waals surface area contributed by atoms with Crippen molar-refractivity contribution in [3.8, 4) is 0 Å². The Balaban J connectivity index is 2.61. The van der Waals surface area contributed by atoms with E-state index in [1.165, 1.54) is 0 Å². The summed E-state index contributed by atoms with van der Waals surface area (Å²) in [5.74, 6) is -1.32. The minimum atomic E-state index is -0.800. The zero-order valence-electron chi connectivity index (χ0n) is 11.6. The number of carboxylic acids is 1. The number of benzene rings is 1. The molecule has 1 aromatic rings. The minimum Gasteiger partial charge on any atom is -0.481 e. The molecule has 0 heterocycles. The quantitative estimate of drug-likeness (QED) is 0.719. The van der Waals surface area contributed by atoms with Crippen LogP contribution in [0.2, 0.25) is 0 Å². The van der Waals surface area contributed by atoms with Crippen molar-refractivity contribution in [1.29, 1.82) is 0 Å². The van der Waals surface area contributed by atoms with Gasteiger partial charge in [-0.25, -0.2) is 0 Å². The molecule has 2 atom stereocenters. The molecule has 0 radical (unpaired) electrons. The van der Waals surface area contributed by atoms with E-state index in [0.29, 0.717) is 13.2 Å². The van der Waals surface area contributed by atoms with Crippen molar-refractivity contribution in [2.24, 2.45) is 0 Å². The van der Waals surface area contributed by atoms with E-state index >= 15 is 0 Å². The first kappa shape index (κ1) is 15.7. The van der Waals surface area contributed by atoms with E-state index < -0.39 is 11.9 Å². The zero-order valence-corrected chi connectivity index (χ0v) is 11.6. The number of rotatable bonds is 9. The van der Waals surface area contributed by atoms with Crippen molar-refractivity contribution in [3.05, 3.63) is 35.9 Å². The van der Waals surface area contributed by atoms with E-state index in [-0.39, 0.29) is 6.04 Å². The largest absolute Gasteiger partial charge is 0.481 e. The summed E-state index contributed by atoms with van der Waals surface area (Å²) in [4.78, 5) is 11.4. The van der Waals surface area contributed by atoms with E-state index in [9.17, 15) is 9.90 Å². The van der Waals surface area contributed by atoms with Crippen LogP contribution in [0.1, 0.15) is 31.2 Å². The highest BCUT2D eigenvalue weighted by Gasteiger charge is 2.20. The first-order valence-corrected chi connectivity index (χ1v) is 6.69. The SMILES string of the molecule is CCCC(COC)NCC(C(=O)O)c1ccccc1. The molecule has 2 unspecified atom stereocenters. The van der Waals surface area contributed by atoms with Crippen LogP contribution in [0.15, 0.2) is 30.3 Å². The Morgan fingerprint density at radius 3 is 2.58 bits per heavy atom. The van der Waals surface area contributed by atoms with Gasteiger partial charge in [-0.05, 0) is 12.0 Å². The number of nitrogens with one attached hydrogen (secondary N) is 1. The van der Waals surface area contributed by atoms with Crippen LogP contribution in [-0.2, 0) is 9.53 Å². The van der Waals surface area contributed by atoms with Crippen LogP contribution in [0.5, 0.6) is 0 Å². The molecular formula is C15H23NO3. The lowest BCUT2D eigenvalue weighted by Crippen LogP contribution is -2.37. The highest BCUT2D eigenvalue weighted by atomic mass is 16.5. The van der Waals surface area contributed by atoms with Gasteiger partial charge >= 0.3 is 5.97 Å². The maximum absolute atomic E-state index is 11.4. The van der Waals surface area contributed by atoms with Crippen LogP contribution in [0, 0.1) is 0 Å². The topological polar surface area (TPSA) is 58.6 Å². The Morgan fingerprint density at radius 1 is 1.37 bits per heavy atom. The van der Waals surface area contributed by atoms with Gasteiger partial charge in [0.25, 0.3) is 0 Å². The first-order valence-electron chi connectivity index (χ1n) is 6.69. The molecule has 0 aliphatic rings. The van der Waals surface area contributed by atoms with E-state index in [1.54, 1.807) is 7.11 Å². The summed E-state index contributed by atoms with van der Waals surface area (Å²) in [5.41, 5.74) is 0.829. The molecular weight excluding hydrogens is 242 g/mol. The number of methoxy groups -OCH3 is 1. The predicted octanol–water partition coefficient (Wildman–Crippen LogP) is 2.26. The molecule has 1 rings (SSSR count). The third-order valence-electron chi connectivity index (χ3n) is 3.12. The van der Waals surface area contributed by atoms with Crippen molar-refractivity contribution in [2.75, 3.05) is 20.3 Å². The maximum atomic E-state index is 11.4. The smallest absolute Gasteiger partial charge is 0.312 e. The van der Waals surface area contributed by atoms with Gasteiger partial charge in [0, 0.05) is 19.7 Å². The lowest BCUT2D eigenvalue weighted by Gasteiger charge is -2.20. The van der Waals surface area contributed by atoms with Crippen molar-refractivity contribution >= 4 is 5.97 Å². The first-order chi connectivity index (χ1) is 9.19. The van der Waals surface area contributed by atoms with Crippen LogP contribution >= 0.6 is 0 Å². The van der Waals surface area contributed by atoms with E-state index in [0.717, 1.165) is 18.4 Å². The highest BCUT2D eigenvalue weighted by molar-refractivity contribution is 5.76. The van der Waals surface area contributed by atoms with Crippen molar-refractivity contribution in [1.82, 2.24) is 5.32 Å². The molecule has 0 fully saturated rings. The fourth-order valence-corrected chi connectivity index (χ4v) is 2.11. The molecule has 4 nitrogen and oxygen atoms in total. The summed E-state index contributed by atoms with van der Waals surface area (Å²) in [6.45, 7) is 3.14.